The lowest BCUT2D eigenvalue weighted by molar-refractivity contribution is 0.308. The Bertz CT molecular complexity index is 311. The van der Waals surface area contributed by atoms with Crippen molar-refractivity contribution in [3.63, 3.8) is 0 Å². The highest BCUT2D eigenvalue weighted by atomic mass is 32.1. The predicted octanol–water partition coefficient (Wildman–Crippen LogP) is 2.04. The van der Waals surface area contributed by atoms with Crippen LogP contribution in [0.5, 0.6) is 0 Å². The fourth-order valence-electron chi connectivity index (χ4n) is 1.52. The lowest BCUT2D eigenvalue weighted by Crippen LogP contribution is -2.31. The maximum absolute atomic E-state index is 5.58. The third-order valence-electron chi connectivity index (χ3n) is 2.37. The Hall–Kier alpha value is -0.930. The summed E-state index contributed by atoms with van der Waals surface area (Å²) in [7, 11) is 2.09. The Kier molecular flexibility index (Phi) is 4.72. The number of thiocarbonyl (C=S) groups is 1. The molecule has 0 aliphatic carbocycles. The van der Waals surface area contributed by atoms with Gasteiger partial charge in [0.05, 0.1) is 4.99 Å². The largest absolute Gasteiger partial charge is 0.393 e. The van der Waals surface area contributed by atoms with Crippen LogP contribution in [-0.2, 0) is 6.54 Å². The molecule has 0 bridgehead atoms. The minimum atomic E-state index is 0.272. The zero-order chi connectivity index (χ0) is 11.3. The number of hydrogen-bond acceptors (Lipinski definition) is 2. The molecule has 0 spiro atoms. The van der Waals surface area contributed by atoms with Crippen LogP contribution >= 0.6 is 12.2 Å². The molecular formula is C12H18N2S. The molecule has 0 heterocycles. The monoisotopic (exact) mass is 222 g/mol. The summed E-state index contributed by atoms with van der Waals surface area (Å²) in [5.41, 5.74) is 6.90. The molecule has 2 nitrogen and oxygen atoms in total. The zero-order valence-electron chi connectivity index (χ0n) is 9.31. The van der Waals surface area contributed by atoms with Crippen LogP contribution < -0.4 is 5.73 Å². The maximum atomic E-state index is 5.58. The summed E-state index contributed by atoms with van der Waals surface area (Å²) in [5, 5.41) is 0. The molecule has 2 N–H and O–H groups in total. The minimum absolute atomic E-state index is 0.272. The van der Waals surface area contributed by atoms with Crippen molar-refractivity contribution in [2.24, 2.45) is 11.7 Å². The number of nitrogens with zero attached hydrogens (tertiary/aromatic N) is 1. The lowest BCUT2D eigenvalue weighted by Gasteiger charge is -2.20. The van der Waals surface area contributed by atoms with Crippen molar-refractivity contribution in [3.8, 4) is 0 Å². The standard InChI is InChI=1S/C12H18N2S/c1-10(12(13)15)8-14(2)9-11-6-4-3-5-7-11/h3-7,10H,8-9H2,1-2H3,(H2,13,15). The Morgan fingerprint density at radius 1 is 1.40 bits per heavy atom. The van der Waals surface area contributed by atoms with Crippen molar-refractivity contribution in [1.29, 1.82) is 0 Å². The molecule has 15 heavy (non-hydrogen) atoms. The Labute approximate surface area is 97.1 Å². The van der Waals surface area contributed by atoms with Crippen LogP contribution in [0, 0.1) is 5.92 Å². The Morgan fingerprint density at radius 2 is 2.00 bits per heavy atom. The first-order valence-corrected chi connectivity index (χ1v) is 5.52. The van der Waals surface area contributed by atoms with E-state index in [4.69, 9.17) is 18.0 Å². The van der Waals surface area contributed by atoms with Crippen LogP contribution in [0.15, 0.2) is 30.3 Å². The molecular weight excluding hydrogens is 204 g/mol. The summed E-state index contributed by atoms with van der Waals surface area (Å²) in [6.07, 6.45) is 0. The van der Waals surface area contributed by atoms with Gasteiger partial charge in [-0.3, -0.25) is 0 Å². The minimum Gasteiger partial charge on any atom is -0.393 e. The van der Waals surface area contributed by atoms with Gasteiger partial charge in [0.25, 0.3) is 0 Å². The molecule has 0 saturated heterocycles. The van der Waals surface area contributed by atoms with E-state index in [1.165, 1.54) is 5.56 Å². The molecule has 0 aliphatic rings. The van der Waals surface area contributed by atoms with Crippen molar-refractivity contribution in [1.82, 2.24) is 4.90 Å². The maximum Gasteiger partial charge on any atom is 0.0768 e. The second-order valence-electron chi connectivity index (χ2n) is 3.99. The van der Waals surface area contributed by atoms with E-state index in [0.717, 1.165) is 13.1 Å². The SMILES string of the molecule is CC(CN(C)Cc1ccccc1)C(N)=S. The van der Waals surface area contributed by atoms with E-state index in [0.29, 0.717) is 4.99 Å². The zero-order valence-corrected chi connectivity index (χ0v) is 10.1. The van der Waals surface area contributed by atoms with E-state index in [2.05, 4.69) is 43.1 Å². The molecule has 1 aromatic rings. The van der Waals surface area contributed by atoms with Crippen molar-refractivity contribution in [2.45, 2.75) is 13.5 Å². The smallest absolute Gasteiger partial charge is 0.0768 e. The third-order valence-corrected chi connectivity index (χ3v) is 2.77. The van der Waals surface area contributed by atoms with Gasteiger partial charge in [-0.05, 0) is 12.6 Å². The van der Waals surface area contributed by atoms with Gasteiger partial charge in [0.1, 0.15) is 0 Å². The quantitative estimate of drug-likeness (QED) is 0.773. The first-order valence-electron chi connectivity index (χ1n) is 5.11. The molecule has 0 saturated carbocycles. The summed E-state index contributed by atoms with van der Waals surface area (Å²) in [6.45, 7) is 3.90. The van der Waals surface area contributed by atoms with Gasteiger partial charge in [-0.2, -0.15) is 0 Å². The van der Waals surface area contributed by atoms with Crippen molar-refractivity contribution >= 4 is 17.2 Å². The van der Waals surface area contributed by atoms with E-state index in [1.807, 2.05) is 6.07 Å². The molecule has 0 aromatic heterocycles. The van der Waals surface area contributed by atoms with Crippen LogP contribution in [0.1, 0.15) is 12.5 Å². The molecule has 1 unspecified atom stereocenters. The molecule has 1 aromatic carbocycles. The molecule has 1 atom stereocenters. The number of hydrogen-bond donors (Lipinski definition) is 1. The van der Waals surface area contributed by atoms with Crippen molar-refractivity contribution < 1.29 is 0 Å². The van der Waals surface area contributed by atoms with Gasteiger partial charge in [0.15, 0.2) is 0 Å². The van der Waals surface area contributed by atoms with E-state index in [-0.39, 0.29) is 5.92 Å². The first kappa shape index (κ1) is 12.1. The second kappa shape index (κ2) is 5.83. The van der Waals surface area contributed by atoms with Crippen LogP contribution in [0.4, 0.5) is 0 Å². The lowest BCUT2D eigenvalue weighted by atomic mass is 10.1. The van der Waals surface area contributed by atoms with Gasteiger partial charge in [0.2, 0.25) is 0 Å². The molecule has 0 amide bonds. The summed E-state index contributed by atoms with van der Waals surface area (Å²) in [5.74, 6) is 0.272. The van der Waals surface area contributed by atoms with E-state index in [9.17, 15) is 0 Å². The van der Waals surface area contributed by atoms with E-state index < -0.39 is 0 Å². The summed E-state index contributed by atoms with van der Waals surface area (Å²) in [6, 6.07) is 10.4. The summed E-state index contributed by atoms with van der Waals surface area (Å²) >= 11 is 4.95. The number of nitrogens with two attached hydrogens (primary N) is 1. The second-order valence-corrected chi connectivity index (χ2v) is 4.46. The van der Waals surface area contributed by atoms with Gasteiger partial charge in [0, 0.05) is 19.0 Å². The third kappa shape index (κ3) is 4.40. The van der Waals surface area contributed by atoms with Gasteiger partial charge in [-0.25, -0.2) is 0 Å². The number of rotatable bonds is 5. The highest BCUT2D eigenvalue weighted by Gasteiger charge is 2.08. The normalized spacial score (nSPS) is 12.7. The average molecular weight is 222 g/mol. The fourth-order valence-corrected chi connectivity index (χ4v) is 1.59. The van der Waals surface area contributed by atoms with Crippen LogP contribution in [0.3, 0.4) is 0 Å². The average Bonchev–Trinajstić information content (AvgIpc) is 2.18. The molecule has 0 radical (unpaired) electrons. The molecule has 0 fully saturated rings. The Balaban J connectivity index is 2.43. The van der Waals surface area contributed by atoms with Gasteiger partial charge >= 0.3 is 0 Å². The van der Waals surface area contributed by atoms with Crippen molar-refractivity contribution in [2.75, 3.05) is 13.6 Å². The highest BCUT2D eigenvalue weighted by Crippen LogP contribution is 2.05. The summed E-state index contributed by atoms with van der Waals surface area (Å²) in [4.78, 5) is 2.83. The fraction of sp³-hybridized carbons (Fsp3) is 0.417. The molecule has 0 aliphatic heterocycles. The van der Waals surface area contributed by atoms with Crippen molar-refractivity contribution in [3.05, 3.63) is 35.9 Å². The first-order chi connectivity index (χ1) is 7.09. The van der Waals surface area contributed by atoms with Gasteiger partial charge < -0.3 is 10.6 Å². The Morgan fingerprint density at radius 3 is 2.53 bits per heavy atom. The predicted molar refractivity (Wildman–Crippen MR) is 68.7 cm³/mol. The molecule has 82 valence electrons. The highest BCUT2D eigenvalue weighted by molar-refractivity contribution is 7.80. The van der Waals surface area contributed by atoms with Crippen LogP contribution in [0.2, 0.25) is 0 Å². The number of benzene rings is 1. The van der Waals surface area contributed by atoms with Crippen LogP contribution in [-0.4, -0.2) is 23.5 Å². The van der Waals surface area contributed by atoms with Gasteiger partial charge in [-0.1, -0.05) is 49.5 Å². The molecule has 1 rings (SSSR count). The summed E-state index contributed by atoms with van der Waals surface area (Å²) < 4.78 is 0. The van der Waals surface area contributed by atoms with E-state index in [1.54, 1.807) is 0 Å². The van der Waals surface area contributed by atoms with E-state index >= 15 is 0 Å². The molecule has 3 heteroatoms. The topological polar surface area (TPSA) is 29.3 Å². The van der Waals surface area contributed by atoms with Gasteiger partial charge in [-0.15, -0.1) is 0 Å². The van der Waals surface area contributed by atoms with Crippen LogP contribution in [0.25, 0.3) is 0 Å².